The third kappa shape index (κ3) is 4.36. The van der Waals surface area contributed by atoms with Gasteiger partial charge in [-0.1, -0.05) is 11.6 Å². The van der Waals surface area contributed by atoms with Crippen molar-refractivity contribution in [3.05, 3.63) is 17.4 Å². The van der Waals surface area contributed by atoms with Crippen LogP contribution in [0.5, 0.6) is 5.88 Å². The highest BCUT2D eigenvalue weighted by molar-refractivity contribution is 5.91. The van der Waals surface area contributed by atoms with Gasteiger partial charge in [-0.2, -0.15) is 4.98 Å². The molecule has 2 aromatic heterocycles. The number of hydrogen-bond acceptors (Lipinski definition) is 9. The Morgan fingerprint density at radius 1 is 1.08 bits per heavy atom. The first-order valence-electron chi connectivity index (χ1n) is 15.3. The first-order chi connectivity index (χ1) is 19.0. The molecule has 9 nitrogen and oxygen atoms in total. The average Bonchev–Trinajstić information content (AvgIpc) is 3.56. The number of nitrogens with zero attached hydrogens (tertiary/aromatic N) is 5. The second kappa shape index (κ2) is 9.84. The fraction of sp³-hybridized carbons (Fsp3) is 0.733. The summed E-state index contributed by atoms with van der Waals surface area (Å²) in [6, 6.07) is 2.40. The van der Waals surface area contributed by atoms with Crippen molar-refractivity contribution in [1.82, 2.24) is 25.3 Å². The molecule has 3 aliphatic carbocycles. The summed E-state index contributed by atoms with van der Waals surface area (Å²) < 4.78 is 12.6. The van der Waals surface area contributed by atoms with E-state index >= 15 is 0 Å². The van der Waals surface area contributed by atoms with Gasteiger partial charge in [0.1, 0.15) is 17.7 Å². The Hall–Kier alpha value is -2.52. The number of rotatable bonds is 5. The largest absolute Gasteiger partial charge is 0.473 e. The summed E-state index contributed by atoms with van der Waals surface area (Å²) in [5.74, 6) is 3.14. The first-order valence-corrected chi connectivity index (χ1v) is 15.3. The van der Waals surface area contributed by atoms with Crippen LogP contribution in [-0.4, -0.2) is 76.7 Å². The number of likely N-dealkylation sites (tertiary alicyclic amines) is 1. The van der Waals surface area contributed by atoms with Gasteiger partial charge in [-0.05, 0) is 84.7 Å². The van der Waals surface area contributed by atoms with Crippen molar-refractivity contribution in [1.29, 1.82) is 0 Å². The molecule has 5 aliphatic rings. The number of nitrogens with one attached hydrogen (secondary N) is 1. The number of carbonyl (C=O) groups excluding carboxylic acids is 1. The lowest BCUT2D eigenvalue weighted by molar-refractivity contribution is -0.128. The number of Topliss-reactive ketones (excluding diaryl/α,β-unsaturated/α-hetero) is 1. The van der Waals surface area contributed by atoms with Crippen LogP contribution in [0.25, 0.3) is 11.5 Å². The standard InChI is InChI=1S/C30H42N6O3/c1-20(22-9-6-16-35(22)2)38-25-18-24(36-17-15-31-29(19-36)11-7-12-29)32-28(33-25)26-21-8-5-14-30(27(21)39-34-26)13-4-3-10-23(30)37/h18,20,22,31H,3-17,19H2,1-2H3/t20-,22-,30+/m0/s1. The van der Waals surface area contributed by atoms with Crippen molar-refractivity contribution in [2.24, 2.45) is 0 Å². The molecule has 0 bridgehead atoms. The monoisotopic (exact) mass is 534 g/mol. The van der Waals surface area contributed by atoms with E-state index in [1.54, 1.807) is 0 Å². The average molecular weight is 535 g/mol. The quantitative estimate of drug-likeness (QED) is 0.609. The van der Waals surface area contributed by atoms with Gasteiger partial charge in [-0.25, -0.2) is 4.98 Å². The summed E-state index contributed by atoms with van der Waals surface area (Å²) in [4.78, 5) is 28.0. The smallest absolute Gasteiger partial charge is 0.219 e. The molecule has 3 atom stereocenters. The molecule has 0 aromatic carbocycles. The van der Waals surface area contributed by atoms with Gasteiger partial charge >= 0.3 is 0 Å². The predicted molar refractivity (Wildman–Crippen MR) is 148 cm³/mol. The van der Waals surface area contributed by atoms with E-state index in [4.69, 9.17) is 19.2 Å². The lowest BCUT2D eigenvalue weighted by atomic mass is 9.64. The minimum atomic E-state index is -0.509. The minimum Gasteiger partial charge on any atom is -0.473 e. The summed E-state index contributed by atoms with van der Waals surface area (Å²) in [6.45, 7) is 6.04. The van der Waals surface area contributed by atoms with Crippen LogP contribution in [0, 0.1) is 0 Å². The van der Waals surface area contributed by atoms with Gasteiger partial charge in [-0.3, -0.25) is 9.69 Å². The van der Waals surface area contributed by atoms with Gasteiger partial charge in [0.25, 0.3) is 0 Å². The van der Waals surface area contributed by atoms with Crippen molar-refractivity contribution in [2.75, 3.05) is 38.1 Å². The number of likely N-dealkylation sites (N-methyl/N-ethyl adjacent to an activating group) is 1. The molecule has 2 aromatic rings. The minimum absolute atomic E-state index is 0.0171. The highest BCUT2D eigenvalue weighted by Gasteiger charge is 2.49. The number of aromatic nitrogens is 3. The fourth-order valence-electron chi connectivity index (χ4n) is 8.00. The third-order valence-corrected chi connectivity index (χ3v) is 10.4. The van der Waals surface area contributed by atoms with Crippen LogP contribution >= 0.6 is 0 Å². The SMILES string of the molecule is C[C@H](Oc1cc(N2CCNC3(CCC3)C2)nc(-c2noc3c2CCC[C@@]32CCCCC2=O)n1)[C@@H]1CCCN1C. The summed E-state index contributed by atoms with van der Waals surface area (Å²) in [6.07, 6.45) is 12.2. The van der Waals surface area contributed by atoms with Crippen molar-refractivity contribution in [3.63, 3.8) is 0 Å². The predicted octanol–water partition coefficient (Wildman–Crippen LogP) is 4.04. The van der Waals surface area contributed by atoms with E-state index in [1.165, 1.54) is 25.7 Å². The molecule has 2 spiro atoms. The van der Waals surface area contributed by atoms with Crippen LogP contribution in [0.2, 0.25) is 0 Å². The number of ketones is 1. The Balaban J connectivity index is 1.26. The Morgan fingerprint density at radius 3 is 2.72 bits per heavy atom. The molecule has 9 heteroatoms. The number of carbonyl (C=O) groups is 1. The second-order valence-electron chi connectivity index (χ2n) is 12.8. The molecule has 7 rings (SSSR count). The molecule has 4 heterocycles. The molecule has 39 heavy (non-hydrogen) atoms. The second-order valence-corrected chi connectivity index (χ2v) is 12.8. The number of ether oxygens (including phenoxy) is 1. The zero-order chi connectivity index (χ0) is 26.6. The van der Waals surface area contributed by atoms with Crippen LogP contribution in [0.3, 0.4) is 0 Å². The summed E-state index contributed by atoms with van der Waals surface area (Å²) in [7, 11) is 2.18. The van der Waals surface area contributed by atoms with Crippen molar-refractivity contribution in [3.8, 4) is 17.4 Å². The highest BCUT2D eigenvalue weighted by atomic mass is 16.5. The molecule has 210 valence electrons. The van der Waals surface area contributed by atoms with Crippen LogP contribution in [0.1, 0.15) is 88.9 Å². The molecule has 0 unspecified atom stereocenters. The van der Waals surface area contributed by atoms with E-state index in [0.717, 1.165) is 88.3 Å². The number of hydrogen-bond donors (Lipinski definition) is 1. The van der Waals surface area contributed by atoms with Gasteiger partial charge < -0.3 is 19.5 Å². The van der Waals surface area contributed by atoms with Crippen LogP contribution in [-0.2, 0) is 16.6 Å². The van der Waals surface area contributed by atoms with Crippen molar-refractivity contribution < 1.29 is 14.1 Å². The Kier molecular flexibility index (Phi) is 6.42. The lowest BCUT2D eigenvalue weighted by Crippen LogP contribution is -2.64. The maximum atomic E-state index is 13.2. The van der Waals surface area contributed by atoms with Gasteiger partial charge in [0, 0.05) is 49.3 Å². The maximum Gasteiger partial charge on any atom is 0.219 e. The Morgan fingerprint density at radius 2 is 1.95 bits per heavy atom. The molecule has 2 aliphatic heterocycles. The van der Waals surface area contributed by atoms with Crippen LogP contribution < -0.4 is 15.0 Å². The van der Waals surface area contributed by atoms with E-state index in [-0.39, 0.29) is 11.6 Å². The first kappa shape index (κ1) is 25.4. The van der Waals surface area contributed by atoms with E-state index < -0.39 is 5.41 Å². The Labute approximate surface area is 231 Å². The maximum absolute atomic E-state index is 13.2. The molecule has 4 fully saturated rings. The van der Waals surface area contributed by atoms with Crippen LogP contribution in [0.4, 0.5) is 5.82 Å². The molecule has 0 radical (unpaired) electrons. The van der Waals surface area contributed by atoms with E-state index in [9.17, 15) is 4.79 Å². The Bertz CT molecular complexity index is 1240. The third-order valence-electron chi connectivity index (χ3n) is 10.4. The number of piperazine rings is 1. The molecule has 1 N–H and O–H groups in total. The zero-order valence-corrected chi connectivity index (χ0v) is 23.5. The lowest BCUT2D eigenvalue weighted by Gasteiger charge is -2.49. The molecule has 2 saturated carbocycles. The number of fused-ring (bicyclic) bond motifs is 2. The summed E-state index contributed by atoms with van der Waals surface area (Å²) in [5, 5.41) is 8.32. The van der Waals surface area contributed by atoms with Crippen molar-refractivity contribution >= 4 is 11.6 Å². The number of anilines is 1. The molecule has 0 amide bonds. The van der Waals surface area contributed by atoms with Crippen molar-refractivity contribution in [2.45, 2.75) is 107 Å². The summed E-state index contributed by atoms with van der Waals surface area (Å²) >= 11 is 0. The van der Waals surface area contributed by atoms with Gasteiger partial charge in [0.2, 0.25) is 5.88 Å². The van der Waals surface area contributed by atoms with E-state index in [1.807, 2.05) is 6.07 Å². The van der Waals surface area contributed by atoms with Gasteiger partial charge in [0.15, 0.2) is 17.3 Å². The molecule has 2 saturated heterocycles. The topological polar surface area (TPSA) is 96.6 Å². The zero-order valence-electron chi connectivity index (χ0n) is 23.5. The fourth-order valence-corrected chi connectivity index (χ4v) is 8.00. The van der Waals surface area contributed by atoms with E-state index in [2.05, 4.69) is 34.2 Å². The highest BCUT2D eigenvalue weighted by Crippen LogP contribution is 2.47. The normalized spacial score (nSPS) is 29.4. The van der Waals surface area contributed by atoms with Gasteiger partial charge in [0.05, 0.1) is 5.41 Å². The van der Waals surface area contributed by atoms with E-state index in [0.29, 0.717) is 35.6 Å². The van der Waals surface area contributed by atoms with Gasteiger partial charge in [-0.15, -0.1) is 0 Å². The molecular weight excluding hydrogens is 492 g/mol. The van der Waals surface area contributed by atoms with Crippen LogP contribution in [0.15, 0.2) is 10.6 Å². The summed E-state index contributed by atoms with van der Waals surface area (Å²) in [5.41, 5.74) is 1.41. The molecular formula is C30H42N6O3.